The van der Waals surface area contributed by atoms with Gasteiger partial charge in [-0.2, -0.15) is 0 Å². The van der Waals surface area contributed by atoms with Crippen molar-refractivity contribution < 1.29 is 24.3 Å². The van der Waals surface area contributed by atoms with Gasteiger partial charge in [0.05, 0.1) is 18.0 Å². The van der Waals surface area contributed by atoms with E-state index < -0.39 is 11.9 Å². The number of fused-ring (bicyclic) bond motifs is 1. The van der Waals surface area contributed by atoms with Crippen molar-refractivity contribution in [2.75, 3.05) is 27.2 Å². The van der Waals surface area contributed by atoms with Crippen LogP contribution in [0.25, 0.3) is 4.85 Å². The number of carboxylic acid groups (broad SMARTS) is 1. The number of rotatable bonds is 8. The van der Waals surface area contributed by atoms with Gasteiger partial charge in [-0.25, -0.2) is 11.4 Å². The molecule has 0 aromatic heterocycles. The number of carboxylic acids is 1. The van der Waals surface area contributed by atoms with Crippen molar-refractivity contribution in [3.05, 3.63) is 22.0 Å². The molecule has 2 fully saturated rings. The summed E-state index contributed by atoms with van der Waals surface area (Å²) in [6.07, 6.45) is 0.732. The van der Waals surface area contributed by atoms with Gasteiger partial charge < -0.3 is 25.1 Å². The predicted octanol–water partition coefficient (Wildman–Crippen LogP) is 0.826. The Labute approximate surface area is 186 Å². The average molecular weight is 449 g/mol. The van der Waals surface area contributed by atoms with Crippen LogP contribution in [0.3, 0.4) is 0 Å². The van der Waals surface area contributed by atoms with Gasteiger partial charge in [0.2, 0.25) is 17.6 Å². The summed E-state index contributed by atoms with van der Waals surface area (Å²) in [7, 11) is 3.41. The Morgan fingerprint density at radius 2 is 2.06 bits per heavy atom. The van der Waals surface area contributed by atoms with Crippen LogP contribution < -0.4 is 5.32 Å². The van der Waals surface area contributed by atoms with E-state index in [4.69, 9.17) is 6.57 Å². The minimum atomic E-state index is -1.13. The predicted molar refractivity (Wildman–Crippen MR) is 115 cm³/mol. The minimum absolute atomic E-state index is 0.00743. The Bertz CT molecular complexity index is 879. The van der Waals surface area contributed by atoms with Gasteiger partial charge in [-0.05, 0) is 12.3 Å². The van der Waals surface area contributed by atoms with E-state index >= 15 is 0 Å². The molecule has 0 spiro atoms. The summed E-state index contributed by atoms with van der Waals surface area (Å²) in [5.41, 5.74) is 0.0332. The average Bonchev–Trinajstić information content (AvgIpc) is 3.23. The number of hydrogen-bond donors (Lipinski definition) is 2. The van der Waals surface area contributed by atoms with E-state index in [1.54, 1.807) is 14.1 Å². The summed E-state index contributed by atoms with van der Waals surface area (Å²) in [5.74, 6) is -2.45. The van der Waals surface area contributed by atoms with Crippen molar-refractivity contribution in [2.45, 2.75) is 44.0 Å². The lowest BCUT2D eigenvalue weighted by molar-refractivity contribution is -0.160. The van der Waals surface area contributed by atoms with Crippen LogP contribution in [0.4, 0.5) is 0 Å². The van der Waals surface area contributed by atoms with Gasteiger partial charge in [-0.15, -0.1) is 11.8 Å². The quantitative estimate of drug-likeness (QED) is 0.418. The lowest BCUT2D eigenvalue weighted by Crippen LogP contribution is -2.62. The molecule has 0 aliphatic carbocycles. The first-order valence-corrected chi connectivity index (χ1v) is 11.2. The number of amides is 2. The molecule has 10 heteroatoms. The van der Waals surface area contributed by atoms with Crippen LogP contribution >= 0.6 is 11.8 Å². The van der Waals surface area contributed by atoms with E-state index in [2.05, 4.69) is 10.2 Å². The highest BCUT2D eigenvalue weighted by molar-refractivity contribution is 8.03. The van der Waals surface area contributed by atoms with E-state index in [0.717, 1.165) is 0 Å². The van der Waals surface area contributed by atoms with Gasteiger partial charge in [0.15, 0.2) is 0 Å². The monoisotopic (exact) mass is 448 g/mol. The largest absolute Gasteiger partial charge is 0.477 e. The zero-order chi connectivity index (χ0) is 23.0. The number of carbonyl (C=O) groups excluding carboxylic acids is 3. The van der Waals surface area contributed by atoms with Crippen LogP contribution in [0.2, 0.25) is 0 Å². The van der Waals surface area contributed by atoms with E-state index in [-0.39, 0.29) is 65.4 Å². The number of β-lactam (4-membered cyclic amide) rings is 1. The number of thioether (sulfide) groups is 1. The standard InChI is InChI=1S/C21H28N4O5S/c1-10(6-12(26)8-22-3)15-16-11(2)18(17(21(29)30)25(16)20(15)28)31-13-7-14(23-9-13)19(27)24(4)5/h10-11,13-16,23H,6-9H2,1-2,4-5H3,(H,29,30)/t10-,11+,13?,14?,15+,16-/m0/s1. The molecule has 0 aromatic carbocycles. The highest BCUT2D eigenvalue weighted by atomic mass is 32.2. The molecule has 2 N–H and O–H groups in total. The van der Waals surface area contributed by atoms with E-state index in [0.29, 0.717) is 17.9 Å². The number of likely N-dealkylation sites (N-methyl/N-ethyl adjacent to an activating group) is 1. The third kappa shape index (κ3) is 4.21. The molecule has 3 aliphatic heterocycles. The fourth-order valence-corrected chi connectivity index (χ4v) is 6.36. The maximum atomic E-state index is 12.9. The van der Waals surface area contributed by atoms with Crippen LogP contribution in [0.15, 0.2) is 10.6 Å². The van der Waals surface area contributed by atoms with Crippen LogP contribution in [0.5, 0.6) is 0 Å². The number of aliphatic carboxylic acids is 1. The molecule has 6 atom stereocenters. The molecule has 3 aliphatic rings. The normalized spacial score (nSPS) is 30.5. The molecule has 2 amide bonds. The molecular weight excluding hydrogens is 420 g/mol. The molecule has 9 nitrogen and oxygen atoms in total. The van der Waals surface area contributed by atoms with E-state index in [9.17, 15) is 24.3 Å². The Hall–Kier alpha value is -2.38. The zero-order valence-corrected chi connectivity index (χ0v) is 18.9. The Morgan fingerprint density at radius 1 is 1.39 bits per heavy atom. The molecule has 168 valence electrons. The molecule has 0 saturated carbocycles. The second-order valence-corrected chi connectivity index (χ2v) is 10.1. The molecular formula is C21H28N4O5S. The topological polar surface area (TPSA) is 111 Å². The molecule has 0 radical (unpaired) electrons. The summed E-state index contributed by atoms with van der Waals surface area (Å²) in [6.45, 7) is 11.0. The van der Waals surface area contributed by atoms with Crippen molar-refractivity contribution in [1.29, 1.82) is 0 Å². The van der Waals surface area contributed by atoms with Crippen LogP contribution in [0, 0.1) is 24.3 Å². The lowest BCUT2D eigenvalue weighted by Gasteiger charge is -2.47. The fourth-order valence-electron chi connectivity index (χ4n) is 4.88. The van der Waals surface area contributed by atoms with E-state index in [1.165, 1.54) is 21.6 Å². The first-order valence-electron chi connectivity index (χ1n) is 10.3. The van der Waals surface area contributed by atoms with Gasteiger partial charge in [0.1, 0.15) is 5.70 Å². The molecule has 31 heavy (non-hydrogen) atoms. The zero-order valence-electron chi connectivity index (χ0n) is 18.1. The third-order valence-electron chi connectivity index (χ3n) is 6.33. The summed E-state index contributed by atoms with van der Waals surface area (Å²) in [4.78, 5) is 55.7. The minimum Gasteiger partial charge on any atom is -0.477 e. The summed E-state index contributed by atoms with van der Waals surface area (Å²) in [6, 6.07) is -0.580. The third-order valence-corrected chi connectivity index (χ3v) is 7.84. The maximum absolute atomic E-state index is 12.9. The molecule has 2 saturated heterocycles. The van der Waals surface area contributed by atoms with Crippen molar-refractivity contribution in [3.63, 3.8) is 0 Å². The Kier molecular flexibility index (Phi) is 6.76. The van der Waals surface area contributed by atoms with Gasteiger partial charge in [0, 0.05) is 43.1 Å². The van der Waals surface area contributed by atoms with Crippen molar-refractivity contribution >= 4 is 35.3 Å². The lowest BCUT2D eigenvalue weighted by atomic mass is 9.73. The number of nitrogens with zero attached hydrogens (tertiary/aromatic N) is 3. The highest BCUT2D eigenvalue weighted by Gasteiger charge is 2.60. The number of hydrogen-bond acceptors (Lipinski definition) is 6. The second-order valence-electron chi connectivity index (χ2n) is 8.74. The fraction of sp³-hybridized carbons (Fsp3) is 0.667. The van der Waals surface area contributed by atoms with Crippen molar-refractivity contribution in [1.82, 2.24) is 15.1 Å². The van der Waals surface area contributed by atoms with Crippen LogP contribution in [-0.2, 0) is 19.2 Å². The molecule has 3 heterocycles. The molecule has 0 aromatic rings. The smallest absolute Gasteiger partial charge is 0.353 e. The first kappa shape index (κ1) is 23.3. The summed E-state index contributed by atoms with van der Waals surface area (Å²) >= 11 is 1.44. The molecule has 3 rings (SSSR count). The molecule has 0 bridgehead atoms. The molecule has 2 unspecified atom stereocenters. The van der Waals surface area contributed by atoms with Gasteiger partial charge in [-0.1, -0.05) is 13.8 Å². The second kappa shape index (κ2) is 9.01. The van der Waals surface area contributed by atoms with Crippen LogP contribution in [0.1, 0.15) is 26.7 Å². The number of Topliss-reactive ketones (excluding diaryl/α,β-unsaturated/α-hetero) is 1. The number of carbonyl (C=O) groups is 4. The number of ketones is 1. The summed E-state index contributed by atoms with van der Waals surface area (Å²) < 4.78 is 0. The van der Waals surface area contributed by atoms with Crippen LogP contribution in [-0.4, -0.2) is 83.0 Å². The maximum Gasteiger partial charge on any atom is 0.353 e. The van der Waals surface area contributed by atoms with Gasteiger partial charge >= 0.3 is 5.97 Å². The number of nitrogens with one attached hydrogen (secondary N) is 1. The Morgan fingerprint density at radius 3 is 2.65 bits per heavy atom. The van der Waals surface area contributed by atoms with Gasteiger partial charge in [0.25, 0.3) is 6.54 Å². The SMILES string of the molecule is [C-]#[N+]CC(=O)C[C@H](C)[C@H]1C(=O)N2C(C(=O)O)=C(SC3CNC(C(=O)N(C)C)C3)[C@H](C)[C@@H]12. The first-order chi connectivity index (χ1) is 14.6. The summed E-state index contributed by atoms with van der Waals surface area (Å²) in [5, 5.41) is 13.1. The van der Waals surface area contributed by atoms with Gasteiger partial charge in [-0.3, -0.25) is 14.4 Å². The Balaban J connectivity index is 1.75. The van der Waals surface area contributed by atoms with Crippen molar-refractivity contribution in [2.24, 2.45) is 17.8 Å². The van der Waals surface area contributed by atoms with Crippen molar-refractivity contribution in [3.8, 4) is 0 Å². The highest BCUT2D eigenvalue weighted by Crippen LogP contribution is 2.53. The van der Waals surface area contributed by atoms with E-state index in [1.807, 2.05) is 13.8 Å².